The number of benzene rings is 1. The van der Waals surface area contributed by atoms with Crippen molar-refractivity contribution in [2.75, 3.05) is 6.54 Å². The van der Waals surface area contributed by atoms with E-state index in [1.807, 2.05) is 0 Å². The molecule has 1 aliphatic carbocycles. The van der Waals surface area contributed by atoms with Crippen molar-refractivity contribution in [3.8, 4) is 0 Å². The van der Waals surface area contributed by atoms with Gasteiger partial charge in [-0.15, -0.1) is 0 Å². The molecule has 2 rings (SSSR count). The van der Waals surface area contributed by atoms with Crippen LogP contribution in [0.1, 0.15) is 62.6 Å². The minimum Gasteiger partial charge on any atom is -0.358 e. The molecule has 0 saturated heterocycles. The molecule has 122 valence electrons. The molecule has 0 saturated carbocycles. The van der Waals surface area contributed by atoms with Crippen LogP contribution in [0.4, 0.5) is 0 Å². The Hall–Kier alpha value is -1.35. The molecule has 0 heterocycles. The van der Waals surface area contributed by atoms with E-state index in [9.17, 15) is 4.79 Å². The fourth-order valence-corrected chi connectivity index (χ4v) is 4.39. The van der Waals surface area contributed by atoms with Crippen molar-refractivity contribution >= 4 is 6.41 Å². The van der Waals surface area contributed by atoms with E-state index in [0.29, 0.717) is 6.54 Å². The maximum Gasteiger partial charge on any atom is 0.207 e. The van der Waals surface area contributed by atoms with Gasteiger partial charge in [0, 0.05) is 18.0 Å². The Morgan fingerprint density at radius 2 is 2.05 bits per heavy atom. The molecule has 3 N–H and O–H groups in total. The fourth-order valence-electron chi connectivity index (χ4n) is 4.39. The van der Waals surface area contributed by atoms with E-state index in [1.54, 1.807) is 0 Å². The highest BCUT2D eigenvalue weighted by Crippen LogP contribution is 2.45. The zero-order chi connectivity index (χ0) is 16.0. The first-order valence-corrected chi connectivity index (χ1v) is 8.73. The van der Waals surface area contributed by atoms with E-state index in [2.05, 4.69) is 37.4 Å². The normalized spacial score (nSPS) is 19.5. The van der Waals surface area contributed by atoms with E-state index in [0.717, 1.165) is 51.4 Å². The van der Waals surface area contributed by atoms with Crippen LogP contribution < -0.4 is 11.1 Å². The third-order valence-corrected chi connectivity index (χ3v) is 5.18. The SMILES string of the molecule is CCCC1(CCC)c2c(CCNC=O)cccc2CCC1N. The van der Waals surface area contributed by atoms with Crippen molar-refractivity contribution in [3.63, 3.8) is 0 Å². The molecule has 0 fully saturated rings. The lowest BCUT2D eigenvalue weighted by Gasteiger charge is -2.45. The highest BCUT2D eigenvalue weighted by molar-refractivity contribution is 5.47. The van der Waals surface area contributed by atoms with Gasteiger partial charge < -0.3 is 11.1 Å². The van der Waals surface area contributed by atoms with Crippen molar-refractivity contribution in [3.05, 3.63) is 34.9 Å². The molecule has 0 spiro atoms. The summed E-state index contributed by atoms with van der Waals surface area (Å²) in [5, 5.41) is 2.79. The lowest BCUT2D eigenvalue weighted by Crippen LogP contribution is -2.49. The number of carbonyl (C=O) groups excluding carboxylic acids is 1. The number of hydrogen-bond acceptors (Lipinski definition) is 2. The molecular weight excluding hydrogens is 272 g/mol. The van der Waals surface area contributed by atoms with E-state index in [4.69, 9.17) is 5.73 Å². The van der Waals surface area contributed by atoms with Crippen molar-refractivity contribution in [1.29, 1.82) is 0 Å². The summed E-state index contributed by atoms with van der Waals surface area (Å²) in [7, 11) is 0. The van der Waals surface area contributed by atoms with Gasteiger partial charge in [0.25, 0.3) is 0 Å². The van der Waals surface area contributed by atoms with Crippen LogP contribution in [0.3, 0.4) is 0 Å². The van der Waals surface area contributed by atoms with Gasteiger partial charge >= 0.3 is 0 Å². The van der Waals surface area contributed by atoms with Crippen LogP contribution >= 0.6 is 0 Å². The second-order valence-corrected chi connectivity index (χ2v) is 6.57. The molecule has 1 amide bonds. The second-order valence-electron chi connectivity index (χ2n) is 6.57. The molecule has 0 aromatic heterocycles. The fraction of sp³-hybridized carbons (Fsp3) is 0.632. The van der Waals surface area contributed by atoms with Crippen LogP contribution in [0.5, 0.6) is 0 Å². The Bertz CT molecular complexity index is 492. The Balaban J connectivity index is 2.46. The van der Waals surface area contributed by atoms with Gasteiger partial charge in [0.15, 0.2) is 0 Å². The highest BCUT2D eigenvalue weighted by atomic mass is 16.1. The summed E-state index contributed by atoms with van der Waals surface area (Å²) >= 11 is 0. The molecule has 1 unspecified atom stereocenters. The number of nitrogens with two attached hydrogens (primary N) is 1. The molecule has 0 radical (unpaired) electrons. The minimum atomic E-state index is 0.120. The van der Waals surface area contributed by atoms with Crippen molar-refractivity contribution in [1.82, 2.24) is 5.32 Å². The largest absolute Gasteiger partial charge is 0.358 e. The first kappa shape index (κ1) is 17.0. The van der Waals surface area contributed by atoms with Crippen LogP contribution in [-0.2, 0) is 23.1 Å². The van der Waals surface area contributed by atoms with Crippen LogP contribution in [0.25, 0.3) is 0 Å². The maximum atomic E-state index is 10.5. The first-order valence-electron chi connectivity index (χ1n) is 8.73. The molecule has 22 heavy (non-hydrogen) atoms. The van der Waals surface area contributed by atoms with Gasteiger partial charge in [0.2, 0.25) is 6.41 Å². The number of nitrogens with one attached hydrogen (secondary N) is 1. The van der Waals surface area contributed by atoms with Crippen molar-refractivity contribution in [2.45, 2.75) is 70.3 Å². The molecule has 3 nitrogen and oxygen atoms in total. The predicted octanol–water partition coefficient (Wildman–Crippen LogP) is 3.09. The van der Waals surface area contributed by atoms with Gasteiger partial charge in [-0.2, -0.15) is 0 Å². The molecule has 0 aliphatic heterocycles. The van der Waals surface area contributed by atoms with Crippen LogP contribution in [0, 0.1) is 0 Å². The average molecular weight is 302 g/mol. The Kier molecular flexibility index (Phi) is 6.01. The minimum absolute atomic E-state index is 0.120. The van der Waals surface area contributed by atoms with Crippen LogP contribution in [0.15, 0.2) is 18.2 Å². The van der Waals surface area contributed by atoms with Crippen molar-refractivity contribution < 1.29 is 4.79 Å². The van der Waals surface area contributed by atoms with Gasteiger partial charge in [-0.3, -0.25) is 4.79 Å². The number of aryl methyl sites for hydroxylation is 1. The highest BCUT2D eigenvalue weighted by Gasteiger charge is 2.42. The summed E-state index contributed by atoms with van der Waals surface area (Å²) in [4.78, 5) is 10.5. The number of carbonyl (C=O) groups is 1. The molecule has 1 aliphatic rings. The summed E-state index contributed by atoms with van der Waals surface area (Å²) in [6.45, 7) is 5.22. The summed E-state index contributed by atoms with van der Waals surface area (Å²) in [5.74, 6) is 0. The molecule has 1 aromatic carbocycles. The number of amides is 1. The van der Waals surface area contributed by atoms with Crippen LogP contribution in [0.2, 0.25) is 0 Å². The maximum absolute atomic E-state index is 10.5. The number of hydrogen-bond donors (Lipinski definition) is 2. The summed E-state index contributed by atoms with van der Waals surface area (Å²) in [6.07, 6.45) is 8.49. The third kappa shape index (κ3) is 3.19. The Labute approximate surface area is 134 Å². The van der Waals surface area contributed by atoms with Gasteiger partial charge in [-0.1, -0.05) is 44.9 Å². The summed E-state index contributed by atoms with van der Waals surface area (Å²) in [5.41, 5.74) is 11.1. The second kappa shape index (κ2) is 7.77. The third-order valence-electron chi connectivity index (χ3n) is 5.18. The van der Waals surface area contributed by atoms with Gasteiger partial charge in [-0.05, 0) is 48.8 Å². The van der Waals surface area contributed by atoms with Gasteiger partial charge in [-0.25, -0.2) is 0 Å². The molecular formula is C19H30N2O. The zero-order valence-electron chi connectivity index (χ0n) is 14.0. The van der Waals surface area contributed by atoms with E-state index >= 15 is 0 Å². The Morgan fingerprint density at radius 3 is 2.68 bits per heavy atom. The van der Waals surface area contributed by atoms with E-state index in [1.165, 1.54) is 16.7 Å². The first-order chi connectivity index (χ1) is 10.7. The Morgan fingerprint density at radius 1 is 1.32 bits per heavy atom. The van der Waals surface area contributed by atoms with Gasteiger partial charge in [0.1, 0.15) is 0 Å². The number of rotatable bonds is 8. The van der Waals surface area contributed by atoms with Crippen LogP contribution in [-0.4, -0.2) is 19.0 Å². The topological polar surface area (TPSA) is 55.1 Å². The lowest BCUT2D eigenvalue weighted by molar-refractivity contribution is -0.109. The molecule has 1 atom stereocenters. The smallest absolute Gasteiger partial charge is 0.207 e. The quantitative estimate of drug-likeness (QED) is 0.573. The van der Waals surface area contributed by atoms with E-state index < -0.39 is 0 Å². The molecule has 1 aromatic rings. The summed E-state index contributed by atoms with van der Waals surface area (Å²) in [6, 6.07) is 6.91. The monoisotopic (exact) mass is 302 g/mol. The zero-order valence-corrected chi connectivity index (χ0v) is 14.0. The molecule has 3 heteroatoms. The lowest BCUT2D eigenvalue weighted by atomic mass is 9.61. The van der Waals surface area contributed by atoms with Gasteiger partial charge in [0.05, 0.1) is 0 Å². The number of fused-ring (bicyclic) bond motifs is 1. The summed E-state index contributed by atoms with van der Waals surface area (Å²) < 4.78 is 0. The predicted molar refractivity (Wildman–Crippen MR) is 92.0 cm³/mol. The molecule has 0 bridgehead atoms. The van der Waals surface area contributed by atoms with E-state index in [-0.39, 0.29) is 11.5 Å². The standard InChI is InChI=1S/C19H30N2O/c1-3-11-19(12-4-2)17(20)9-8-15-6-5-7-16(18(15)19)10-13-21-14-22/h5-7,14,17H,3-4,8-13,20H2,1-2H3,(H,21,22). The average Bonchev–Trinajstić information content (AvgIpc) is 2.52. The van der Waals surface area contributed by atoms with Crippen molar-refractivity contribution in [2.24, 2.45) is 5.73 Å².